The molecular weight excluding hydrogens is 357 g/mol. The minimum atomic E-state index is 0.745. The van der Waals surface area contributed by atoms with Gasteiger partial charge < -0.3 is 4.40 Å². The molecule has 2 heterocycles. The van der Waals surface area contributed by atoms with Gasteiger partial charge in [-0.1, -0.05) is 53.2 Å². The molecule has 0 aliphatic rings. The maximum Gasteiger partial charge on any atom is 0.0922 e. The molecule has 0 saturated carbocycles. The van der Waals surface area contributed by atoms with Crippen molar-refractivity contribution < 1.29 is 0 Å². The number of rotatable bonds is 3. The van der Waals surface area contributed by atoms with E-state index in [0.29, 0.717) is 0 Å². The number of hydrogen-bond donors (Lipinski definition) is 0. The Bertz CT molecular complexity index is 989. The van der Waals surface area contributed by atoms with Gasteiger partial charge in [0.2, 0.25) is 0 Å². The van der Waals surface area contributed by atoms with Gasteiger partial charge in [-0.2, -0.15) is 0 Å². The molecule has 0 fully saturated rings. The normalized spacial score (nSPS) is 11.1. The minimum absolute atomic E-state index is 0.745. The van der Waals surface area contributed by atoms with E-state index in [1.165, 1.54) is 16.1 Å². The van der Waals surface area contributed by atoms with Crippen LogP contribution in [0.1, 0.15) is 0 Å². The van der Waals surface area contributed by atoms with Gasteiger partial charge in [0, 0.05) is 32.2 Å². The molecule has 1 nitrogen and oxygen atoms in total. The topological polar surface area (TPSA) is 4.41 Å². The quantitative estimate of drug-likeness (QED) is 0.373. The van der Waals surface area contributed by atoms with Crippen LogP contribution in [-0.2, 0) is 0 Å². The molecular formula is C20H13Cl2NS. The summed E-state index contributed by atoms with van der Waals surface area (Å²) in [5.41, 5.74) is 3.51. The van der Waals surface area contributed by atoms with Crippen LogP contribution in [0.3, 0.4) is 0 Å². The second kappa shape index (κ2) is 6.56. The Kier molecular flexibility index (Phi) is 4.28. The van der Waals surface area contributed by atoms with Gasteiger partial charge in [-0.25, -0.2) is 0 Å². The fraction of sp³-hybridized carbons (Fsp3) is 0. The van der Waals surface area contributed by atoms with Crippen molar-refractivity contribution in [2.24, 2.45) is 0 Å². The Morgan fingerprint density at radius 1 is 0.750 bits per heavy atom. The zero-order chi connectivity index (χ0) is 16.5. The van der Waals surface area contributed by atoms with Crippen LogP contribution < -0.4 is 0 Å². The first-order chi connectivity index (χ1) is 11.7. The zero-order valence-electron chi connectivity index (χ0n) is 12.6. The third kappa shape index (κ3) is 3.05. The molecule has 0 aliphatic heterocycles. The lowest BCUT2D eigenvalue weighted by atomic mass is 10.1. The summed E-state index contributed by atoms with van der Waals surface area (Å²) in [5, 5.41) is 2.67. The van der Waals surface area contributed by atoms with Crippen LogP contribution >= 0.6 is 35.0 Å². The standard InChI is InChI=1S/C20H13Cl2NS/c21-15-6-4-14(5-7-15)19-13-17-3-1-2-12-23(17)20(19)24-18-10-8-16(22)9-11-18/h1-13H. The molecule has 0 aliphatic carbocycles. The van der Waals surface area contributed by atoms with Crippen LogP contribution in [0.15, 0.2) is 88.9 Å². The second-order valence-electron chi connectivity index (χ2n) is 5.42. The molecule has 4 aromatic rings. The van der Waals surface area contributed by atoms with Crippen LogP contribution in [0, 0.1) is 0 Å². The Labute approximate surface area is 154 Å². The molecule has 0 spiro atoms. The minimum Gasteiger partial charge on any atom is -0.311 e. The van der Waals surface area contributed by atoms with Crippen LogP contribution in [0.25, 0.3) is 16.6 Å². The first-order valence-corrected chi connectivity index (χ1v) is 9.07. The molecule has 0 unspecified atom stereocenters. The third-order valence-electron chi connectivity index (χ3n) is 3.82. The van der Waals surface area contributed by atoms with Crippen LogP contribution in [-0.4, -0.2) is 4.40 Å². The SMILES string of the molecule is Clc1ccc(Sc2c(-c3ccc(Cl)cc3)cc3ccccn23)cc1. The van der Waals surface area contributed by atoms with Gasteiger partial charge in [0.1, 0.15) is 0 Å². The second-order valence-corrected chi connectivity index (χ2v) is 7.36. The molecule has 2 aromatic heterocycles. The number of nitrogens with zero attached hydrogens (tertiary/aromatic N) is 1. The Hall–Kier alpha value is -1.87. The number of hydrogen-bond acceptors (Lipinski definition) is 1. The van der Waals surface area contributed by atoms with Crippen molar-refractivity contribution >= 4 is 40.5 Å². The predicted octanol–water partition coefficient (Wildman–Crippen LogP) is 7.06. The van der Waals surface area contributed by atoms with Crippen molar-refractivity contribution in [1.82, 2.24) is 4.40 Å². The summed E-state index contributed by atoms with van der Waals surface area (Å²) in [7, 11) is 0. The van der Waals surface area contributed by atoms with Gasteiger partial charge in [-0.05, 0) is 60.2 Å². The van der Waals surface area contributed by atoms with E-state index in [0.717, 1.165) is 20.5 Å². The lowest BCUT2D eigenvalue weighted by Gasteiger charge is -2.07. The zero-order valence-corrected chi connectivity index (χ0v) is 14.9. The maximum atomic E-state index is 6.04. The lowest BCUT2D eigenvalue weighted by Crippen LogP contribution is -1.86. The monoisotopic (exact) mass is 369 g/mol. The van der Waals surface area contributed by atoms with Gasteiger partial charge in [0.15, 0.2) is 0 Å². The smallest absolute Gasteiger partial charge is 0.0922 e. The predicted molar refractivity (Wildman–Crippen MR) is 103 cm³/mol. The average molecular weight is 370 g/mol. The molecule has 24 heavy (non-hydrogen) atoms. The van der Waals surface area contributed by atoms with Gasteiger partial charge >= 0.3 is 0 Å². The molecule has 0 N–H and O–H groups in total. The number of halogens is 2. The van der Waals surface area contributed by atoms with Gasteiger partial charge in [-0.3, -0.25) is 0 Å². The van der Waals surface area contributed by atoms with Crippen LogP contribution in [0.2, 0.25) is 10.0 Å². The van der Waals surface area contributed by atoms with E-state index in [2.05, 4.69) is 40.9 Å². The Morgan fingerprint density at radius 3 is 2.12 bits per heavy atom. The Balaban J connectivity index is 1.86. The first kappa shape index (κ1) is 15.6. The molecule has 4 rings (SSSR count). The van der Waals surface area contributed by atoms with E-state index in [-0.39, 0.29) is 0 Å². The summed E-state index contributed by atoms with van der Waals surface area (Å²) >= 11 is 13.8. The molecule has 0 atom stereocenters. The van der Waals surface area contributed by atoms with Crippen molar-refractivity contribution in [1.29, 1.82) is 0 Å². The first-order valence-electron chi connectivity index (χ1n) is 7.50. The highest BCUT2D eigenvalue weighted by molar-refractivity contribution is 7.99. The highest BCUT2D eigenvalue weighted by Gasteiger charge is 2.13. The van der Waals surface area contributed by atoms with Gasteiger partial charge in [-0.15, -0.1) is 0 Å². The van der Waals surface area contributed by atoms with E-state index >= 15 is 0 Å². The highest BCUT2D eigenvalue weighted by Crippen LogP contribution is 2.39. The molecule has 0 amide bonds. The lowest BCUT2D eigenvalue weighted by molar-refractivity contribution is 1.05. The van der Waals surface area contributed by atoms with E-state index in [9.17, 15) is 0 Å². The molecule has 2 aromatic carbocycles. The van der Waals surface area contributed by atoms with Gasteiger partial charge in [0.25, 0.3) is 0 Å². The fourth-order valence-corrected chi connectivity index (χ4v) is 3.95. The van der Waals surface area contributed by atoms with Crippen LogP contribution in [0.4, 0.5) is 0 Å². The van der Waals surface area contributed by atoms with Crippen molar-refractivity contribution in [3.8, 4) is 11.1 Å². The third-order valence-corrected chi connectivity index (χ3v) is 5.44. The summed E-state index contributed by atoms with van der Waals surface area (Å²) in [6.07, 6.45) is 2.09. The van der Waals surface area contributed by atoms with Crippen molar-refractivity contribution in [2.75, 3.05) is 0 Å². The molecule has 4 heteroatoms. The van der Waals surface area contributed by atoms with Gasteiger partial charge in [0.05, 0.1) is 5.03 Å². The van der Waals surface area contributed by atoms with E-state index < -0.39 is 0 Å². The van der Waals surface area contributed by atoms with E-state index in [1.807, 2.05) is 42.5 Å². The number of aromatic nitrogens is 1. The van der Waals surface area contributed by atoms with E-state index in [4.69, 9.17) is 23.2 Å². The summed E-state index contributed by atoms with van der Waals surface area (Å²) < 4.78 is 2.21. The maximum absolute atomic E-state index is 6.04. The Morgan fingerprint density at radius 2 is 1.42 bits per heavy atom. The molecule has 0 radical (unpaired) electrons. The molecule has 118 valence electrons. The van der Waals surface area contributed by atoms with Crippen molar-refractivity contribution in [3.05, 3.63) is 89.0 Å². The number of fused-ring (bicyclic) bond motifs is 1. The number of benzene rings is 2. The van der Waals surface area contributed by atoms with E-state index in [1.54, 1.807) is 11.8 Å². The summed E-state index contributed by atoms with van der Waals surface area (Å²) in [4.78, 5) is 1.15. The highest BCUT2D eigenvalue weighted by atomic mass is 35.5. The summed E-state index contributed by atoms with van der Waals surface area (Å²) in [5.74, 6) is 0. The fourth-order valence-electron chi connectivity index (χ4n) is 2.65. The summed E-state index contributed by atoms with van der Waals surface area (Å²) in [6, 6.07) is 24.3. The summed E-state index contributed by atoms with van der Waals surface area (Å²) in [6.45, 7) is 0. The number of pyridine rings is 1. The van der Waals surface area contributed by atoms with Crippen LogP contribution in [0.5, 0.6) is 0 Å². The molecule has 0 saturated heterocycles. The van der Waals surface area contributed by atoms with Crippen molar-refractivity contribution in [3.63, 3.8) is 0 Å². The largest absolute Gasteiger partial charge is 0.311 e. The average Bonchev–Trinajstić information content (AvgIpc) is 2.96. The molecule has 0 bridgehead atoms. The van der Waals surface area contributed by atoms with Crippen molar-refractivity contribution in [2.45, 2.75) is 9.92 Å².